The lowest BCUT2D eigenvalue weighted by Gasteiger charge is -2.09. The van der Waals surface area contributed by atoms with Gasteiger partial charge in [0.25, 0.3) is 11.5 Å². The maximum Gasteiger partial charge on any atom is 0.275 e. The lowest BCUT2D eigenvalue weighted by Crippen LogP contribution is -2.29. The topological polar surface area (TPSA) is 90.0 Å². The van der Waals surface area contributed by atoms with Crippen LogP contribution in [0.4, 0.5) is 0 Å². The van der Waals surface area contributed by atoms with Gasteiger partial charge >= 0.3 is 0 Å². The van der Waals surface area contributed by atoms with Gasteiger partial charge in [-0.3, -0.25) is 19.6 Å². The number of nitrogens with two attached hydrogens (primary N) is 1. The number of hydrazine groups is 1. The Balaban J connectivity index is 2.38. The van der Waals surface area contributed by atoms with Crippen molar-refractivity contribution < 1.29 is 4.79 Å². The molecule has 20 heavy (non-hydrogen) atoms. The van der Waals surface area contributed by atoms with Gasteiger partial charge in [-0.2, -0.15) is 0 Å². The second-order valence-corrected chi connectivity index (χ2v) is 5.79. The zero-order chi connectivity index (χ0) is 14.9. The van der Waals surface area contributed by atoms with Gasteiger partial charge < -0.3 is 0 Å². The number of hydrogen-bond donors (Lipinski definition) is 2. The summed E-state index contributed by atoms with van der Waals surface area (Å²) in [6.45, 7) is 5.90. The molecule has 106 valence electrons. The van der Waals surface area contributed by atoms with E-state index in [1.807, 2.05) is 6.92 Å². The van der Waals surface area contributed by atoms with E-state index >= 15 is 0 Å². The number of aryl methyl sites for hydroxylation is 3. The van der Waals surface area contributed by atoms with Crippen LogP contribution in [0.15, 0.2) is 16.9 Å². The molecular formula is C13H16N4O2S. The maximum atomic E-state index is 12.0. The zero-order valence-corrected chi connectivity index (χ0v) is 12.4. The summed E-state index contributed by atoms with van der Waals surface area (Å²) >= 11 is 1.35. The van der Waals surface area contributed by atoms with Gasteiger partial charge in [-0.25, -0.2) is 10.8 Å². The maximum absolute atomic E-state index is 12.0. The van der Waals surface area contributed by atoms with Crippen LogP contribution in [0, 0.1) is 20.8 Å². The number of rotatable bonds is 3. The predicted octanol–water partition coefficient (Wildman–Crippen LogP) is 0.882. The lowest BCUT2D eigenvalue weighted by atomic mass is 10.2. The summed E-state index contributed by atoms with van der Waals surface area (Å²) in [4.78, 5) is 29.3. The first-order valence-corrected chi connectivity index (χ1v) is 6.89. The third-order valence-electron chi connectivity index (χ3n) is 3.03. The third-order valence-corrected chi connectivity index (χ3v) is 4.12. The number of carbonyl (C=O) groups is 1. The van der Waals surface area contributed by atoms with Crippen LogP contribution in [0.2, 0.25) is 0 Å². The molecule has 0 bridgehead atoms. The Morgan fingerprint density at radius 2 is 2.10 bits per heavy atom. The van der Waals surface area contributed by atoms with Crippen molar-refractivity contribution in [1.29, 1.82) is 0 Å². The second-order valence-electron chi connectivity index (χ2n) is 4.53. The van der Waals surface area contributed by atoms with E-state index in [2.05, 4.69) is 10.4 Å². The summed E-state index contributed by atoms with van der Waals surface area (Å²) in [7, 11) is 0. The Bertz CT molecular complexity index is 718. The van der Waals surface area contributed by atoms with E-state index in [-0.39, 0.29) is 11.5 Å². The Hall–Kier alpha value is -1.99. The molecule has 0 saturated carbocycles. The van der Waals surface area contributed by atoms with Gasteiger partial charge in [0, 0.05) is 16.6 Å². The number of nitrogen functional groups attached to an aromatic ring is 1. The molecule has 0 aliphatic carbocycles. The van der Waals surface area contributed by atoms with E-state index in [1.54, 1.807) is 24.5 Å². The number of amides is 1. The summed E-state index contributed by atoms with van der Waals surface area (Å²) < 4.78 is 1.59. The van der Waals surface area contributed by atoms with Gasteiger partial charge in [0.05, 0.1) is 11.4 Å². The normalized spacial score (nSPS) is 10.6. The number of hydrogen-bond acceptors (Lipinski definition) is 5. The van der Waals surface area contributed by atoms with Crippen molar-refractivity contribution in [1.82, 2.24) is 15.0 Å². The quantitative estimate of drug-likeness (QED) is 0.499. The van der Waals surface area contributed by atoms with Crippen LogP contribution in [-0.2, 0) is 6.54 Å². The van der Waals surface area contributed by atoms with E-state index in [0.717, 1.165) is 10.4 Å². The van der Waals surface area contributed by atoms with Gasteiger partial charge in [-0.15, -0.1) is 11.3 Å². The SMILES string of the molecule is Cc1cc(=O)n(Cc2cc(C(=O)NN)sc2C)c(C)n1. The van der Waals surface area contributed by atoms with Gasteiger partial charge in [-0.05, 0) is 32.4 Å². The van der Waals surface area contributed by atoms with E-state index in [1.165, 1.54) is 17.4 Å². The number of nitrogens with zero attached hydrogens (tertiary/aromatic N) is 2. The van der Waals surface area contributed by atoms with Gasteiger partial charge in [-0.1, -0.05) is 0 Å². The highest BCUT2D eigenvalue weighted by Crippen LogP contribution is 2.22. The molecule has 3 N–H and O–H groups in total. The molecule has 0 radical (unpaired) electrons. The highest BCUT2D eigenvalue weighted by Gasteiger charge is 2.13. The Morgan fingerprint density at radius 1 is 1.40 bits per heavy atom. The van der Waals surface area contributed by atoms with Crippen LogP contribution >= 0.6 is 11.3 Å². The molecule has 2 rings (SSSR count). The highest BCUT2D eigenvalue weighted by atomic mass is 32.1. The first kappa shape index (κ1) is 14.4. The number of aromatic nitrogens is 2. The molecule has 0 atom stereocenters. The van der Waals surface area contributed by atoms with Crippen LogP contribution in [0.5, 0.6) is 0 Å². The van der Waals surface area contributed by atoms with Gasteiger partial charge in [0.15, 0.2) is 0 Å². The van der Waals surface area contributed by atoms with Crippen LogP contribution in [0.25, 0.3) is 0 Å². The summed E-state index contributed by atoms with van der Waals surface area (Å²) in [5, 5.41) is 0. The molecule has 0 spiro atoms. The molecule has 7 heteroatoms. The molecule has 0 aliphatic heterocycles. The zero-order valence-electron chi connectivity index (χ0n) is 11.6. The largest absolute Gasteiger partial charge is 0.292 e. The summed E-state index contributed by atoms with van der Waals surface area (Å²) in [6.07, 6.45) is 0. The molecule has 1 amide bonds. The average molecular weight is 292 g/mol. The standard InChI is InChI=1S/C13H16N4O2S/c1-7-4-12(18)17(9(3)15-7)6-10-5-11(13(19)16-14)20-8(10)2/h4-5H,6,14H2,1-3H3,(H,16,19). The minimum atomic E-state index is -0.324. The van der Waals surface area contributed by atoms with Crippen LogP contribution in [0.1, 0.15) is 31.6 Å². The molecule has 0 unspecified atom stereocenters. The summed E-state index contributed by atoms with van der Waals surface area (Å²) in [5.74, 6) is 5.46. The first-order chi connectivity index (χ1) is 9.42. The molecule has 2 aromatic heterocycles. The van der Waals surface area contributed by atoms with Crippen molar-refractivity contribution in [3.63, 3.8) is 0 Å². The summed E-state index contributed by atoms with van der Waals surface area (Å²) in [6, 6.07) is 3.26. The fourth-order valence-electron chi connectivity index (χ4n) is 1.99. The minimum absolute atomic E-state index is 0.0922. The van der Waals surface area contributed by atoms with Crippen molar-refractivity contribution in [2.24, 2.45) is 5.84 Å². The molecule has 0 aromatic carbocycles. The van der Waals surface area contributed by atoms with Crippen LogP contribution in [0.3, 0.4) is 0 Å². The van der Waals surface area contributed by atoms with Crippen LogP contribution < -0.4 is 16.8 Å². The predicted molar refractivity (Wildman–Crippen MR) is 77.8 cm³/mol. The van der Waals surface area contributed by atoms with Crippen molar-refractivity contribution >= 4 is 17.2 Å². The van der Waals surface area contributed by atoms with E-state index in [9.17, 15) is 9.59 Å². The second kappa shape index (κ2) is 5.56. The molecule has 0 aliphatic rings. The Morgan fingerprint density at radius 3 is 2.70 bits per heavy atom. The van der Waals surface area contributed by atoms with E-state index < -0.39 is 0 Å². The minimum Gasteiger partial charge on any atom is -0.292 e. The van der Waals surface area contributed by atoms with Gasteiger partial charge in [0.1, 0.15) is 5.82 Å². The molecule has 0 fully saturated rings. The van der Waals surface area contributed by atoms with E-state index in [4.69, 9.17) is 5.84 Å². The molecule has 2 aromatic rings. The Labute approximate surface area is 120 Å². The fraction of sp³-hybridized carbons (Fsp3) is 0.308. The summed E-state index contributed by atoms with van der Waals surface area (Å²) in [5.41, 5.74) is 3.64. The van der Waals surface area contributed by atoms with Crippen LogP contribution in [-0.4, -0.2) is 15.5 Å². The first-order valence-electron chi connectivity index (χ1n) is 6.07. The number of thiophene rings is 1. The number of carbonyl (C=O) groups excluding carboxylic acids is 1. The molecule has 2 heterocycles. The molecule has 0 saturated heterocycles. The lowest BCUT2D eigenvalue weighted by molar-refractivity contribution is 0.0957. The fourth-order valence-corrected chi connectivity index (χ4v) is 2.92. The molecule has 6 nitrogen and oxygen atoms in total. The van der Waals surface area contributed by atoms with Crippen molar-refractivity contribution in [3.8, 4) is 0 Å². The van der Waals surface area contributed by atoms with Crippen molar-refractivity contribution in [3.05, 3.63) is 49.3 Å². The average Bonchev–Trinajstić information content (AvgIpc) is 2.74. The molecular weight excluding hydrogens is 276 g/mol. The van der Waals surface area contributed by atoms with E-state index in [0.29, 0.717) is 22.9 Å². The number of nitrogens with one attached hydrogen (secondary N) is 1. The Kier molecular flexibility index (Phi) is 4.01. The highest BCUT2D eigenvalue weighted by molar-refractivity contribution is 7.14. The smallest absolute Gasteiger partial charge is 0.275 e. The van der Waals surface area contributed by atoms with Gasteiger partial charge in [0.2, 0.25) is 0 Å². The van der Waals surface area contributed by atoms with Crippen molar-refractivity contribution in [2.75, 3.05) is 0 Å². The van der Waals surface area contributed by atoms with Crippen molar-refractivity contribution in [2.45, 2.75) is 27.3 Å². The monoisotopic (exact) mass is 292 g/mol. The third kappa shape index (κ3) is 2.78.